The normalized spacial score (nSPS) is 35.3. The quantitative estimate of drug-likeness (QED) is 0.427. The van der Waals surface area contributed by atoms with Crippen LogP contribution in [0.1, 0.15) is 38.5 Å². The highest BCUT2D eigenvalue weighted by molar-refractivity contribution is 8.23. The summed E-state index contributed by atoms with van der Waals surface area (Å²) in [6.45, 7) is 0.506. The van der Waals surface area contributed by atoms with Crippen LogP contribution in [-0.4, -0.2) is 50.9 Å². The Morgan fingerprint density at radius 3 is 2.29 bits per heavy atom. The largest absolute Gasteiger partial charge is 0.369 e. The summed E-state index contributed by atoms with van der Waals surface area (Å²) in [5.74, 6) is 0.481. The number of carbonyl (C=O) groups is 2. The predicted molar refractivity (Wildman–Crippen MR) is 135 cm³/mol. The van der Waals surface area contributed by atoms with Gasteiger partial charge >= 0.3 is 0 Å². The fourth-order valence-electron chi connectivity index (χ4n) is 6.90. The van der Waals surface area contributed by atoms with Crippen LogP contribution < -0.4 is 15.4 Å². The van der Waals surface area contributed by atoms with Crippen LogP contribution in [0.4, 0.5) is 5.69 Å². The first-order valence-electron chi connectivity index (χ1n) is 11.5. The van der Waals surface area contributed by atoms with Gasteiger partial charge in [0.25, 0.3) is 0 Å². The first kappa shape index (κ1) is 24.7. The Hall–Kier alpha value is -0.940. The van der Waals surface area contributed by atoms with E-state index in [1.165, 1.54) is 20.7 Å². The molecular formula is C22H29Cl3N4O4S. The minimum Gasteiger partial charge on any atom is -0.369 e. The first-order chi connectivity index (χ1) is 16.0. The maximum atomic E-state index is 13.1. The Balaban J connectivity index is 1.29. The molecule has 188 valence electrons. The van der Waals surface area contributed by atoms with Crippen molar-refractivity contribution in [1.82, 2.24) is 9.62 Å². The van der Waals surface area contributed by atoms with Crippen molar-refractivity contribution in [2.45, 2.75) is 44.6 Å². The molecule has 4 aliphatic carbocycles. The average Bonchev–Trinajstić information content (AvgIpc) is 2.72. The third-order valence-electron chi connectivity index (χ3n) is 8.09. The predicted octanol–water partition coefficient (Wildman–Crippen LogP) is 4.54. The van der Waals surface area contributed by atoms with E-state index >= 15 is 0 Å². The molecule has 1 aromatic carbocycles. The lowest BCUT2D eigenvalue weighted by Gasteiger charge is -2.59. The second-order valence-electron chi connectivity index (χ2n) is 10.2. The second kappa shape index (κ2) is 8.87. The maximum Gasteiger partial charge on any atom is 0.236 e. The van der Waals surface area contributed by atoms with Gasteiger partial charge in [0.1, 0.15) is 0 Å². The molecule has 34 heavy (non-hydrogen) atoms. The van der Waals surface area contributed by atoms with Crippen molar-refractivity contribution in [1.29, 1.82) is 0 Å². The minimum atomic E-state index is -3.52. The van der Waals surface area contributed by atoms with Gasteiger partial charge in [0.15, 0.2) is 0 Å². The highest BCUT2D eigenvalue weighted by Gasteiger charge is 2.58. The molecule has 0 aromatic heterocycles. The molecule has 4 bridgehead atoms. The standard InChI is InChI=1S/C22H29Cl3N4O4S/c23-15-6-16(24)20(17(25)7-15)29-3-1-2-28(34(29,32)33)11-18(30)27-19-13-4-12-5-14(19)10-22(8-12,9-13)21(26)31/h6-7,12-14,19,32-33H,1-5,8-11H2,(H2,26,31)(H,27,30). The molecule has 12 heteroatoms. The fourth-order valence-corrected chi connectivity index (χ4v) is 9.78. The topological polar surface area (TPSA) is 119 Å². The van der Waals surface area contributed by atoms with E-state index in [2.05, 4.69) is 5.32 Å². The molecule has 1 saturated heterocycles. The molecule has 1 heterocycles. The van der Waals surface area contributed by atoms with Crippen molar-refractivity contribution >= 4 is 63.3 Å². The lowest BCUT2D eigenvalue weighted by atomic mass is 9.47. The van der Waals surface area contributed by atoms with Crippen molar-refractivity contribution in [3.05, 3.63) is 27.2 Å². The third kappa shape index (κ3) is 4.17. The molecule has 6 rings (SSSR count). The number of benzene rings is 1. The number of hydrogen-bond acceptors (Lipinski definition) is 6. The van der Waals surface area contributed by atoms with Crippen molar-refractivity contribution in [2.75, 3.05) is 23.9 Å². The zero-order valence-electron chi connectivity index (χ0n) is 18.6. The summed E-state index contributed by atoms with van der Waals surface area (Å²) in [6.07, 6.45) is 4.90. The Labute approximate surface area is 215 Å². The summed E-state index contributed by atoms with van der Waals surface area (Å²) in [6, 6.07) is 2.98. The summed E-state index contributed by atoms with van der Waals surface area (Å²) in [4.78, 5) is 25.3. The summed E-state index contributed by atoms with van der Waals surface area (Å²) >= 11 is 18.7. The van der Waals surface area contributed by atoms with Crippen molar-refractivity contribution in [3.63, 3.8) is 0 Å². The van der Waals surface area contributed by atoms with E-state index in [-0.39, 0.29) is 52.0 Å². The van der Waals surface area contributed by atoms with E-state index in [0.717, 1.165) is 32.1 Å². The van der Waals surface area contributed by atoms with Crippen LogP contribution in [0.2, 0.25) is 15.1 Å². The molecular weight excluding hydrogens is 523 g/mol. The van der Waals surface area contributed by atoms with Crippen molar-refractivity contribution in [2.24, 2.45) is 28.9 Å². The molecule has 5 aliphatic rings. The molecule has 2 unspecified atom stereocenters. The number of nitrogens with two attached hydrogens (primary N) is 1. The SMILES string of the molecule is NC(=O)C12CC3CC(C1)C(NC(=O)CN1CCCN(c4c(Cl)cc(Cl)cc4Cl)S1(O)O)C(C3)C2. The smallest absolute Gasteiger partial charge is 0.236 e. The van der Waals surface area contributed by atoms with E-state index in [1.807, 2.05) is 0 Å². The van der Waals surface area contributed by atoms with Gasteiger partial charge in [-0.15, -0.1) is 0 Å². The molecule has 5 fully saturated rings. The number of nitrogens with one attached hydrogen (secondary N) is 1. The Bertz CT molecular complexity index is 989. The molecule has 2 atom stereocenters. The number of halogens is 3. The summed E-state index contributed by atoms with van der Waals surface area (Å²) < 4.78 is 25.0. The van der Waals surface area contributed by atoms with Gasteiger partial charge in [0.05, 0.1) is 22.3 Å². The molecule has 4 saturated carbocycles. The van der Waals surface area contributed by atoms with Crippen LogP contribution in [0.3, 0.4) is 0 Å². The Kier molecular flexibility index (Phi) is 6.45. The number of amides is 2. The molecule has 8 nitrogen and oxygen atoms in total. The molecule has 1 aliphatic heterocycles. The van der Waals surface area contributed by atoms with Crippen molar-refractivity contribution < 1.29 is 18.7 Å². The van der Waals surface area contributed by atoms with Crippen LogP contribution in [0.5, 0.6) is 0 Å². The summed E-state index contributed by atoms with van der Waals surface area (Å²) in [7, 11) is -3.52. The summed E-state index contributed by atoms with van der Waals surface area (Å²) in [5.41, 5.74) is 5.63. The highest BCUT2D eigenvalue weighted by Crippen LogP contribution is 2.60. The molecule has 0 radical (unpaired) electrons. The minimum absolute atomic E-state index is 0.0145. The lowest BCUT2D eigenvalue weighted by Crippen LogP contribution is -2.62. The number of nitrogens with zero attached hydrogens (tertiary/aromatic N) is 2. The summed E-state index contributed by atoms with van der Waals surface area (Å²) in [5, 5.41) is 3.92. The Morgan fingerprint density at radius 1 is 1.09 bits per heavy atom. The van der Waals surface area contributed by atoms with E-state index in [1.54, 1.807) is 0 Å². The van der Waals surface area contributed by atoms with Gasteiger partial charge in [-0.05, 0) is 79.4 Å². The average molecular weight is 552 g/mol. The second-order valence-corrected chi connectivity index (χ2v) is 13.4. The van der Waals surface area contributed by atoms with Gasteiger partial charge < -0.3 is 11.1 Å². The maximum absolute atomic E-state index is 13.1. The number of hydrogen-bond donors (Lipinski definition) is 4. The fraction of sp³-hybridized carbons (Fsp3) is 0.636. The van der Waals surface area contributed by atoms with E-state index in [9.17, 15) is 18.7 Å². The van der Waals surface area contributed by atoms with Crippen LogP contribution in [-0.2, 0) is 9.59 Å². The van der Waals surface area contributed by atoms with Gasteiger partial charge in [-0.2, -0.15) is 4.31 Å². The van der Waals surface area contributed by atoms with Crippen LogP contribution in [0.15, 0.2) is 12.1 Å². The molecule has 0 spiro atoms. The van der Waals surface area contributed by atoms with E-state index in [4.69, 9.17) is 40.5 Å². The van der Waals surface area contributed by atoms with Gasteiger partial charge in [-0.3, -0.25) is 23.0 Å². The third-order valence-corrected chi connectivity index (χ3v) is 10.8. The van der Waals surface area contributed by atoms with Gasteiger partial charge in [0, 0.05) is 29.6 Å². The lowest BCUT2D eigenvalue weighted by molar-refractivity contribution is -0.147. The van der Waals surface area contributed by atoms with Crippen LogP contribution >= 0.6 is 45.8 Å². The van der Waals surface area contributed by atoms with Gasteiger partial charge in [-0.25, -0.2) is 0 Å². The van der Waals surface area contributed by atoms with Gasteiger partial charge in [-0.1, -0.05) is 34.8 Å². The number of carbonyl (C=O) groups excluding carboxylic acids is 2. The first-order valence-corrected chi connectivity index (χ1v) is 14.1. The van der Waals surface area contributed by atoms with Gasteiger partial charge in [0.2, 0.25) is 11.8 Å². The zero-order chi connectivity index (χ0) is 24.4. The molecule has 1 aromatic rings. The highest BCUT2D eigenvalue weighted by atomic mass is 35.5. The number of rotatable bonds is 5. The Morgan fingerprint density at radius 2 is 1.71 bits per heavy atom. The van der Waals surface area contributed by atoms with Crippen LogP contribution in [0, 0.1) is 23.2 Å². The number of anilines is 1. The monoisotopic (exact) mass is 550 g/mol. The van der Waals surface area contributed by atoms with E-state index in [0.29, 0.717) is 30.5 Å². The van der Waals surface area contributed by atoms with Crippen molar-refractivity contribution in [3.8, 4) is 0 Å². The zero-order valence-corrected chi connectivity index (χ0v) is 21.6. The number of primary amides is 1. The molecule has 2 amide bonds. The molecule has 5 N–H and O–H groups in total. The van der Waals surface area contributed by atoms with Crippen LogP contribution in [0.25, 0.3) is 0 Å². The van der Waals surface area contributed by atoms with E-state index < -0.39 is 16.4 Å².